The summed E-state index contributed by atoms with van der Waals surface area (Å²) in [4.78, 5) is 39.8. The molecule has 10 heteroatoms. The molecule has 38 heavy (non-hydrogen) atoms. The molecule has 0 bridgehead atoms. The lowest BCUT2D eigenvalue weighted by Gasteiger charge is -2.38. The number of rotatable bonds is 7. The second-order valence-corrected chi connectivity index (χ2v) is 8.84. The van der Waals surface area contributed by atoms with Gasteiger partial charge in [0.1, 0.15) is 6.10 Å². The van der Waals surface area contributed by atoms with E-state index in [4.69, 9.17) is 16.3 Å². The Kier molecular flexibility index (Phi) is 7.46. The number of nitro benzene ring substituents is 1. The third-order valence-electron chi connectivity index (χ3n) is 6.60. The number of benzene rings is 2. The summed E-state index contributed by atoms with van der Waals surface area (Å²) in [5.74, 6) is -2.64. The number of non-ortho nitro benzene ring substituents is 1. The van der Waals surface area contributed by atoms with E-state index in [1.165, 1.54) is 30.2 Å². The zero-order valence-corrected chi connectivity index (χ0v) is 22.1. The first kappa shape index (κ1) is 22.3. The molecule has 1 N–H and O–H groups in total. The Balaban J connectivity index is 0.00000506. The van der Waals surface area contributed by atoms with Crippen molar-refractivity contribution in [2.45, 2.75) is 45.3 Å². The molecule has 1 fully saturated rings. The summed E-state index contributed by atoms with van der Waals surface area (Å²) in [6.45, 7) is 4.14. The zero-order valence-electron chi connectivity index (χ0n) is 26.3. The summed E-state index contributed by atoms with van der Waals surface area (Å²) in [5.41, 5.74) is 0.638. The topological polar surface area (TPSA) is 111 Å². The molecule has 1 saturated heterocycles. The fourth-order valence-electron chi connectivity index (χ4n) is 4.78. The van der Waals surface area contributed by atoms with Gasteiger partial charge >= 0.3 is 11.9 Å². The molecule has 2 atom stereocenters. The van der Waals surface area contributed by atoms with Gasteiger partial charge in [-0.1, -0.05) is 42.3 Å². The fourth-order valence-corrected chi connectivity index (χ4v) is 4.78. The van der Waals surface area contributed by atoms with E-state index >= 15 is 0 Å². The Hall–Kier alpha value is -3.69. The lowest BCUT2D eigenvalue weighted by atomic mass is 9.79. The van der Waals surface area contributed by atoms with E-state index in [0.29, 0.717) is 29.9 Å². The smallest absolute Gasteiger partial charge is 0.337 e. The third kappa shape index (κ3) is 6.06. The number of nitro groups is 1. The molecule has 0 spiro atoms. The van der Waals surface area contributed by atoms with Crippen LogP contribution in [0.4, 0.5) is 5.69 Å². The van der Waals surface area contributed by atoms with Crippen LogP contribution in [0.5, 0.6) is 0 Å². The molecular formula is C28H32ClN3O6. The molecule has 202 valence electrons. The minimum atomic E-state index is -1.10. The number of allylic oxidation sites excluding steroid dienone is 2. The average molecular weight is 547 g/mol. The minimum absolute atomic E-state index is 0. The molecule has 2 heterocycles. The van der Waals surface area contributed by atoms with Crippen molar-refractivity contribution in [3.8, 4) is 0 Å². The molecule has 2 aromatic rings. The molecule has 4 rings (SSSR count). The molecule has 0 amide bonds. The predicted octanol–water partition coefficient (Wildman–Crippen LogP) is 4.63. The van der Waals surface area contributed by atoms with Gasteiger partial charge in [0.15, 0.2) is 0 Å². The number of methoxy groups -OCH3 is 1. The summed E-state index contributed by atoms with van der Waals surface area (Å²) in [6, 6.07) is 3.21. The Bertz CT molecular complexity index is 1500. The first-order valence-corrected chi connectivity index (χ1v) is 11.9. The van der Waals surface area contributed by atoms with Gasteiger partial charge in [-0.15, -0.1) is 12.4 Å². The molecule has 2 aromatic carbocycles. The highest BCUT2D eigenvalue weighted by molar-refractivity contribution is 6.00. The van der Waals surface area contributed by atoms with E-state index < -0.39 is 59.1 Å². The van der Waals surface area contributed by atoms with Crippen LogP contribution >= 0.6 is 12.4 Å². The molecule has 9 nitrogen and oxygen atoms in total. The Labute approximate surface area is 235 Å². The number of carbonyl (C=O) groups is 2. The number of carbonyl (C=O) groups excluding carboxylic acids is 2. The van der Waals surface area contributed by atoms with Gasteiger partial charge in [-0.25, -0.2) is 9.59 Å². The van der Waals surface area contributed by atoms with Crippen molar-refractivity contribution in [3.05, 3.63) is 98.3 Å². The summed E-state index contributed by atoms with van der Waals surface area (Å²) in [6.07, 6.45) is 0.968. The number of esters is 2. The third-order valence-corrected chi connectivity index (χ3v) is 6.60. The molecule has 0 saturated carbocycles. The van der Waals surface area contributed by atoms with Crippen LogP contribution in [0, 0.1) is 10.1 Å². The van der Waals surface area contributed by atoms with Gasteiger partial charge in [0.05, 0.1) is 36.0 Å². The van der Waals surface area contributed by atoms with Gasteiger partial charge in [0.2, 0.25) is 0 Å². The average Bonchev–Trinajstić information content (AvgIpc) is 2.98. The second-order valence-electron chi connectivity index (χ2n) is 8.84. The fraction of sp³-hybridized carbons (Fsp3) is 0.357. The maximum atomic E-state index is 13.9. The quantitative estimate of drug-likeness (QED) is 0.304. The van der Waals surface area contributed by atoms with E-state index in [0.717, 1.165) is 13.0 Å². The van der Waals surface area contributed by atoms with Crippen LogP contribution in [0.1, 0.15) is 50.6 Å². The van der Waals surface area contributed by atoms with Crippen LogP contribution in [0.3, 0.4) is 0 Å². The normalized spacial score (nSPS) is 21.3. The minimum Gasteiger partial charge on any atom is -0.466 e. The van der Waals surface area contributed by atoms with Crippen molar-refractivity contribution in [1.29, 1.82) is 0 Å². The van der Waals surface area contributed by atoms with Gasteiger partial charge in [-0.05, 0) is 44.4 Å². The maximum absolute atomic E-state index is 13.9. The van der Waals surface area contributed by atoms with Crippen molar-refractivity contribution >= 4 is 30.0 Å². The Morgan fingerprint density at radius 3 is 2.45 bits per heavy atom. The highest BCUT2D eigenvalue weighted by Gasteiger charge is 2.41. The van der Waals surface area contributed by atoms with E-state index in [1.54, 1.807) is 19.9 Å². The van der Waals surface area contributed by atoms with Crippen molar-refractivity contribution < 1.29 is 30.8 Å². The maximum Gasteiger partial charge on any atom is 0.337 e. The number of ether oxygens (including phenoxy) is 2. The number of hydrogen-bond acceptors (Lipinski definition) is 8. The van der Waals surface area contributed by atoms with Crippen LogP contribution in [0.15, 0.2) is 77.0 Å². The summed E-state index contributed by atoms with van der Waals surface area (Å²) >= 11 is 0. The molecule has 2 aliphatic heterocycles. The molecule has 0 aliphatic carbocycles. The van der Waals surface area contributed by atoms with Crippen molar-refractivity contribution in [1.82, 2.24) is 10.2 Å². The molecule has 0 aromatic heterocycles. The van der Waals surface area contributed by atoms with Crippen molar-refractivity contribution in [2.24, 2.45) is 0 Å². The summed E-state index contributed by atoms with van der Waals surface area (Å²) < 4.78 is 51.9. The lowest BCUT2D eigenvalue weighted by molar-refractivity contribution is -0.384. The SMILES string of the molecule is Cl.[2H]c1c([2H])c([2H])c(CN2C(C)=C(C(=O)OC)[C@H](c3cccc([N+](=O)[O-])c3)C(C(=O)O[C@H]3CCCNC3)=C2C)c([2H])c1[2H]. The lowest BCUT2D eigenvalue weighted by Crippen LogP contribution is -2.39. The van der Waals surface area contributed by atoms with Crippen LogP contribution in [0.25, 0.3) is 0 Å². The molecule has 0 unspecified atom stereocenters. The van der Waals surface area contributed by atoms with Crippen LogP contribution in [-0.4, -0.2) is 48.1 Å². The number of piperidine rings is 1. The molecular weight excluding hydrogens is 510 g/mol. The van der Waals surface area contributed by atoms with E-state index in [1.807, 2.05) is 0 Å². The van der Waals surface area contributed by atoms with Crippen LogP contribution < -0.4 is 5.32 Å². The highest BCUT2D eigenvalue weighted by Crippen LogP contribution is 2.44. The first-order valence-electron chi connectivity index (χ1n) is 14.4. The van der Waals surface area contributed by atoms with Gasteiger partial charge in [0, 0.05) is 36.6 Å². The van der Waals surface area contributed by atoms with Gasteiger partial charge in [0.25, 0.3) is 5.69 Å². The summed E-state index contributed by atoms with van der Waals surface area (Å²) in [5, 5.41) is 14.8. The van der Waals surface area contributed by atoms with Crippen LogP contribution in [0.2, 0.25) is 0 Å². The predicted molar refractivity (Wildman–Crippen MR) is 144 cm³/mol. The van der Waals surface area contributed by atoms with E-state index in [2.05, 4.69) is 5.32 Å². The Morgan fingerprint density at radius 1 is 1.16 bits per heavy atom. The Morgan fingerprint density at radius 2 is 1.84 bits per heavy atom. The van der Waals surface area contributed by atoms with Gasteiger partial charge < -0.3 is 19.7 Å². The van der Waals surface area contributed by atoms with Crippen molar-refractivity contribution in [2.75, 3.05) is 20.2 Å². The number of halogens is 1. The molecule has 2 aliphatic rings. The van der Waals surface area contributed by atoms with Gasteiger partial charge in [-0.3, -0.25) is 10.1 Å². The molecule has 0 radical (unpaired) electrons. The van der Waals surface area contributed by atoms with E-state index in [-0.39, 0.29) is 41.3 Å². The number of hydrogen-bond donors (Lipinski definition) is 1. The first-order chi connectivity index (χ1) is 19.9. The van der Waals surface area contributed by atoms with Crippen molar-refractivity contribution in [3.63, 3.8) is 0 Å². The second kappa shape index (κ2) is 12.7. The standard InChI is InChI=1S/C28H31N3O6.ClH/c1-18-24(27(32)36-3)26(21-11-7-12-22(15-21)31(34)35)25(28(33)37-23-13-8-14-29-16-23)19(2)30(18)17-20-9-5-4-6-10-20;/h4-7,9-12,15,23,26,29H,8,13-14,16-17H2,1-3H3;1H/t23-,26-;/m0./s1/i4D,5D,6D,9D,10D;. The summed E-state index contributed by atoms with van der Waals surface area (Å²) in [7, 11) is 1.17. The van der Waals surface area contributed by atoms with E-state index in [9.17, 15) is 19.7 Å². The monoisotopic (exact) mass is 546 g/mol. The van der Waals surface area contributed by atoms with Gasteiger partial charge in [-0.2, -0.15) is 0 Å². The highest BCUT2D eigenvalue weighted by atomic mass is 35.5. The zero-order chi connectivity index (χ0) is 30.9. The van der Waals surface area contributed by atoms with Crippen LogP contribution in [-0.2, 0) is 25.6 Å². The largest absolute Gasteiger partial charge is 0.466 e. The number of nitrogens with zero attached hydrogens (tertiary/aromatic N) is 2. The number of nitrogens with one attached hydrogen (secondary N) is 1.